The highest BCUT2D eigenvalue weighted by Gasteiger charge is 2.23. The van der Waals surface area contributed by atoms with Gasteiger partial charge in [0.15, 0.2) is 11.8 Å². The van der Waals surface area contributed by atoms with Crippen LogP contribution in [-0.4, -0.2) is 48.3 Å². The monoisotopic (exact) mass is 518 g/mol. The van der Waals surface area contributed by atoms with Crippen LogP contribution in [0.2, 0.25) is 5.02 Å². The molecular weight excluding hydrogens is 491 g/mol. The maximum absolute atomic E-state index is 6.12. The van der Waals surface area contributed by atoms with Crippen LogP contribution in [0.1, 0.15) is 31.5 Å². The largest absolute Gasteiger partial charge is 0.369 e. The Balaban J connectivity index is 0.00000280. The Hall–Kier alpha value is -1.55. The van der Waals surface area contributed by atoms with Crippen molar-refractivity contribution in [2.24, 2.45) is 4.99 Å². The van der Waals surface area contributed by atoms with Gasteiger partial charge in [0, 0.05) is 49.4 Å². The predicted molar refractivity (Wildman–Crippen MR) is 124 cm³/mol. The van der Waals surface area contributed by atoms with E-state index in [0.29, 0.717) is 24.3 Å². The Kier molecular flexibility index (Phi) is 9.30. The normalized spacial score (nSPS) is 16.8. The SMILES string of the molecule is CCNC(=NCCCc1nc(C)no1)NC1CCN(c2cccc(Cl)c2)C1.I. The first kappa shape index (κ1) is 22.7. The Labute approximate surface area is 188 Å². The van der Waals surface area contributed by atoms with Crippen LogP contribution in [0.15, 0.2) is 33.8 Å². The fourth-order valence-corrected chi connectivity index (χ4v) is 3.35. The summed E-state index contributed by atoms with van der Waals surface area (Å²) in [4.78, 5) is 11.2. The lowest BCUT2D eigenvalue weighted by molar-refractivity contribution is 0.372. The van der Waals surface area contributed by atoms with Gasteiger partial charge in [-0.1, -0.05) is 22.8 Å². The quantitative estimate of drug-likeness (QED) is 0.253. The third-order valence-corrected chi connectivity index (χ3v) is 4.67. The molecule has 1 fully saturated rings. The lowest BCUT2D eigenvalue weighted by Crippen LogP contribution is -2.44. The van der Waals surface area contributed by atoms with Gasteiger partial charge in [0.1, 0.15) is 0 Å². The zero-order valence-corrected chi connectivity index (χ0v) is 19.4. The second-order valence-electron chi connectivity index (χ2n) is 6.66. The molecule has 1 aromatic heterocycles. The van der Waals surface area contributed by atoms with Crippen molar-refractivity contribution >= 4 is 47.2 Å². The number of benzene rings is 1. The lowest BCUT2D eigenvalue weighted by Gasteiger charge is -2.20. The van der Waals surface area contributed by atoms with Gasteiger partial charge in [0.2, 0.25) is 5.89 Å². The molecule has 1 aromatic carbocycles. The van der Waals surface area contributed by atoms with E-state index in [4.69, 9.17) is 16.1 Å². The first-order valence-corrected chi connectivity index (χ1v) is 9.86. The van der Waals surface area contributed by atoms with E-state index in [1.165, 1.54) is 5.69 Å². The third-order valence-electron chi connectivity index (χ3n) is 4.43. The smallest absolute Gasteiger partial charge is 0.226 e. The summed E-state index contributed by atoms with van der Waals surface area (Å²) in [5.41, 5.74) is 1.17. The maximum Gasteiger partial charge on any atom is 0.226 e. The van der Waals surface area contributed by atoms with Crippen molar-refractivity contribution in [3.63, 3.8) is 0 Å². The summed E-state index contributed by atoms with van der Waals surface area (Å²) in [6.45, 7) is 7.39. The van der Waals surface area contributed by atoms with Gasteiger partial charge in [-0.3, -0.25) is 4.99 Å². The molecule has 7 nitrogen and oxygen atoms in total. The molecule has 0 aliphatic carbocycles. The molecular formula is C19H28ClIN6O. The molecule has 1 aliphatic rings. The number of hydrogen-bond donors (Lipinski definition) is 2. The number of halogens is 2. The minimum Gasteiger partial charge on any atom is -0.369 e. The number of anilines is 1. The number of aryl methyl sites for hydroxylation is 2. The van der Waals surface area contributed by atoms with E-state index in [1.54, 1.807) is 0 Å². The summed E-state index contributed by atoms with van der Waals surface area (Å²) < 4.78 is 5.13. The van der Waals surface area contributed by atoms with Crippen LogP contribution in [-0.2, 0) is 6.42 Å². The molecule has 0 spiro atoms. The van der Waals surface area contributed by atoms with E-state index in [-0.39, 0.29) is 24.0 Å². The number of hydrogen-bond acceptors (Lipinski definition) is 5. The van der Waals surface area contributed by atoms with E-state index < -0.39 is 0 Å². The van der Waals surface area contributed by atoms with Crippen molar-refractivity contribution in [3.8, 4) is 0 Å². The summed E-state index contributed by atoms with van der Waals surface area (Å²) in [6, 6.07) is 8.38. The van der Waals surface area contributed by atoms with Crippen LogP contribution in [0.25, 0.3) is 0 Å². The molecule has 0 bridgehead atoms. The van der Waals surface area contributed by atoms with Crippen molar-refractivity contribution in [2.45, 2.75) is 39.2 Å². The average molecular weight is 519 g/mol. The first-order chi connectivity index (χ1) is 13.1. The van der Waals surface area contributed by atoms with Crippen LogP contribution in [0.4, 0.5) is 5.69 Å². The molecule has 1 aliphatic heterocycles. The molecule has 2 N–H and O–H groups in total. The molecule has 1 saturated heterocycles. The van der Waals surface area contributed by atoms with Gasteiger partial charge < -0.3 is 20.1 Å². The number of nitrogens with zero attached hydrogens (tertiary/aromatic N) is 4. The molecule has 3 rings (SSSR count). The highest BCUT2D eigenvalue weighted by molar-refractivity contribution is 14.0. The summed E-state index contributed by atoms with van der Waals surface area (Å²) in [5.74, 6) is 2.21. The van der Waals surface area contributed by atoms with Crippen molar-refractivity contribution in [1.82, 2.24) is 20.8 Å². The van der Waals surface area contributed by atoms with Gasteiger partial charge in [0.25, 0.3) is 0 Å². The van der Waals surface area contributed by atoms with Crippen LogP contribution >= 0.6 is 35.6 Å². The summed E-state index contributed by atoms with van der Waals surface area (Å²) in [6.07, 6.45) is 2.69. The van der Waals surface area contributed by atoms with E-state index in [1.807, 2.05) is 25.1 Å². The van der Waals surface area contributed by atoms with Crippen molar-refractivity contribution in [1.29, 1.82) is 0 Å². The first-order valence-electron chi connectivity index (χ1n) is 9.48. The topological polar surface area (TPSA) is 78.6 Å². The van der Waals surface area contributed by atoms with Gasteiger partial charge in [-0.05, 0) is 44.9 Å². The second-order valence-corrected chi connectivity index (χ2v) is 7.09. The van der Waals surface area contributed by atoms with Gasteiger partial charge in [-0.2, -0.15) is 4.98 Å². The lowest BCUT2D eigenvalue weighted by atomic mass is 10.2. The Morgan fingerprint density at radius 1 is 1.43 bits per heavy atom. The Morgan fingerprint density at radius 3 is 3.00 bits per heavy atom. The number of guanidine groups is 1. The zero-order valence-electron chi connectivity index (χ0n) is 16.3. The molecule has 28 heavy (non-hydrogen) atoms. The maximum atomic E-state index is 6.12. The standard InChI is InChI=1S/C19H27ClN6O.HI/c1-3-21-19(22-10-5-8-18-23-14(2)25-27-18)24-16-9-11-26(13-16)17-7-4-6-15(20)12-17;/h4,6-7,12,16H,3,5,8-11,13H2,1-2H3,(H2,21,22,24);1H. The molecule has 1 unspecified atom stereocenters. The summed E-state index contributed by atoms with van der Waals surface area (Å²) >= 11 is 6.12. The predicted octanol–water partition coefficient (Wildman–Crippen LogP) is 3.42. The van der Waals surface area contributed by atoms with E-state index in [2.05, 4.69) is 43.7 Å². The minimum absolute atomic E-state index is 0. The molecule has 0 radical (unpaired) electrons. The molecule has 0 amide bonds. The molecule has 1 atom stereocenters. The molecule has 2 heterocycles. The fraction of sp³-hybridized carbons (Fsp3) is 0.526. The molecule has 2 aromatic rings. The van der Waals surface area contributed by atoms with Crippen molar-refractivity contribution < 1.29 is 4.52 Å². The number of aromatic nitrogens is 2. The zero-order chi connectivity index (χ0) is 19.1. The van der Waals surface area contributed by atoms with Crippen LogP contribution in [0.5, 0.6) is 0 Å². The van der Waals surface area contributed by atoms with Crippen molar-refractivity contribution in [2.75, 3.05) is 31.1 Å². The fourth-order valence-electron chi connectivity index (χ4n) is 3.16. The minimum atomic E-state index is 0. The second kappa shape index (κ2) is 11.5. The number of rotatable bonds is 7. The molecule has 0 saturated carbocycles. The van der Waals surface area contributed by atoms with Crippen molar-refractivity contribution in [3.05, 3.63) is 41.0 Å². The highest BCUT2D eigenvalue weighted by atomic mass is 127. The molecule has 9 heteroatoms. The number of aliphatic imine (C=N–C) groups is 1. The van der Waals surface area contributed by atoms with Gasteiger partial charge in [0.05, 0.1) is 0 Å². The van der Waals surface area contributed by atoms with Gasteiger partial charge in [-0.25, -0.2) is 0 Å². The van der Waals surface area contributed by atoms with E-state index >= 15 is 0 Å². The van der Waals surface area contributed by atoms with Gasteiger partial charge >= 0.3 is 0 Å². The van der Waals surface area contributed by atoms with Crippen LogP contribution in [0, 0.1) is 6.92 Å². The van der Waals surface area contributed by atoms with E-state index in [9.17, 15) is 0 Å². The summed E-state index contributed by atoms with van der Waals surface area (Å²) in [5, 5.41) is 11.5. The Morgan fingerprint density at radius 2 is 2.29 bits per heavy atom. The summed E-state index contributed by atoms with van der Waals surface area (Å²) in [7, 11) is 0. The average Bonchev–Trinajstić information content (AvgIpc) is 3.28. The number of nitrogens with one attached hydrogen (secondary N) is 2. The van der Waals surface area contributed by atoms with Gasteiger partial charge in [-0.15, -0.1) is 24.0 Å². The highest BCUT2D eigenvalue weighted by Crippen LogP contribution is 2.23. The van der Waals surface area contributed by atoms with Crippen LogP contribution < -0.4 is 15.5 Å². The third kappa shape index (κ3) is 6.80. The van der Waals surface area contributed by atoms with E-state index in [0.717, 1.165) is 49.9 Å². The molecule has 154 valence electrons. The van der Waals surface area contributed by atoms with Crippen LogP contribution in [0.3, 0.4) is 0 Å². The Bertz CT molecular complexity index is 768.